The van der Waals surface area contributed by atoms with Crippen molar-refractivity contribution in [3.05, 3.63) is 65.6 Å². The van der Waals surface area contributed by atoms with Gasteiger partial charge in [0, 0.05) is 0 Å². The zero-order chi connectivity index (χ0) is 19.4. The molecule has 4 N–H and O–H groups in total. The highest BCUT2D eigenvalue weighted by molar-refractivity contribution is 7.93. The first-order valence-electron chi connectivity index (χ1n) is 7.95. The molecule has 2 rings (SSSR count). The van der Waals surface area contributed by atoms with Crippen molar-refractivity contribution in [3.63, 3.8) is 0 Å². The molecule has 1 aromatic rings. The van der Waals surface area contributed by atoms with Gasteiger partial charge in [0.1, 0.15) is 10.7 Å². The Morgan fingerprint density at radius 1 is 1.42 bits per heavy atom. The van der Waals surface area contributed by atoms with E-state index in [1.807, 2.05) is 0 Å². The maximum atomic E-state index is 12.1. The van der Waals surface area contributed by atoms with Crippen molar-refractivity contribution in [2.75, 3.05) is 6.54 Å². The van der Waals surface area contributed by atoms with Gasteiger partial charge in [0.15, 0.2) is 6.10 Å². The molecule has 2 unspecified atom stereocenters. The summed E-state index contributed by atoms with van der Waals surface area (Å²) in [5.74, 6) is -0.808. The number of rotatable bonds is 8. The van der Waals surface area contributed by atoms with Gasteiger partial charge in [-0.05, 0) is 44.2 Å². The van der Waals surface area contributed by atoms with E-state index in [0.29, 0.717) is 18.7 Å². The molecule has 1 aromatic carbocycles. The number of para-hydroxylation sites is 1. The monoisotopic (exact) mass is 378 g/mol. The van der Waals surface area contributed by atoms with E-state index in [0.717, 1.165) is 6.08 Å². The standard InChI is InChI=1S/C18H22N2O5S/c1-3-4-10-20-18(2)12-13(17(21)22)11-15(26(19,23)24)16(18)25-14-8-6-5-7-9-14/h3,5-9,11-12,16,20H,1,4,10H2,2H3,(H,21,22)(H2,19,23,24). The van der Waals surface area contributed by atoms with E-state index >= 15 is 0 Å². The SMILES string of the molecule is C=CCCNC1(C)C=C(C(=O)O)C=C(S(N)(=O)=O)C1Oc1ccccc1. The molecule has 0 aromatic heterocycles. The summed E-state index contributed by atoms with van der Waals surface area (Å²) in [5.41, 5.74) is -1.28. The van der Waals surface area contributed by atoms with E-state index in [-0.39, 0.29) is 10.5 Å². The summed E-state index contributed by atoms with van der Waals surface area (Å²) in [7, 11) is -4.19. The van der Waals surface area contributed by atoms with Gasteiger partial charge >= 0.3 is 5.97 Å². The number of carbonyl (C=O) groups is 1. The van der Waals surface area contributed by atoms with Gasteiger partial charge in [0.25, 0.3) is 0 Å². The molecule has 0 radical (unpaired) electrons. The molecule has 0 fully saturated rings. The van der Waals surface area contributed by atoms with E-state index in [4.69, 9.17) is 9.88 Å². The minimum Gasteiger partial charge on any atom is -0.483 e. The number of hydrogen-bond donors (Lipinski definition) is 3. The Balaban J connectivity index is 2.53. The van der Waals surface area contributed by atoms with Crippen molar-refractivity contribution >= 4 is 16.0 Å². The summed E-state index contributed by atoms with van der Waals surface area (Å²) in [6.45, 7) is 5.77. The lowest BCUT2D eigenvalue weighted by molar-refractivity contribution is -0.132. The molecule has 0 bridgehead atoms. The molecule has 8 heteroatoms. The number of carboxylic acid groups (broad SMARTS) is 1. The quantitative estimate of drug-likeness (QED) is 0.466. The number of benzene rings is 1. The number of hydrogen-bond acceptors (Lipinski definition) is 5. The smallest absolute Gasteiger partial charge is 0.335 e. The van der Waals surface area contributed by atoms with Crippen LogP contribution < -0.4 is 15.2 Å². The van der Waals surface area contributed by atoms with Crippen LogP contribution >= 0.6 is 0 Å². The van der Waals surface area contributed by atoms with Crippen LogP contribution in [0, 0.1) is 0 Å². The van der Waals surface area contributed by atoms with Crippen molar-refractivity contribution in [3.8, 4) is 5.75 Å². The van der Waals surface area contributed by atoms with Gasteiger partial charge in [-0.1, -0.05) is 24.3 Å². The Labute approximate surface area is 152 Å². The first-order valence-corrected chi connectivity index (χ1v) is 9.50. The number of nitrogens with one attached hydrogen (secondary N) is 1. The highest BCUT2D eigenvalue weighted by Crippen LogP contribution is 2.33. The van der Waals surface area contributed by atoms with Crippen LogP contribution in [0.15, 0.2) is 65.6 Å². The van der Waals surface area contributed by atoms with Gasteiger partial charge in [-0.2, -0.15) is 0 Å². The van der Waals surface area contributed by atoms with E-state index < -0.39 is 27.6 Å². The Morgan fingerprint density at radius 3 is 2.62 bits per heavy atom. The van der Waals surface area contributed by atoms with Crippen molar-refractivity contribution in [1.82, 2.24) is 5.32 Å². The molecule has 1 aliphatic rings. The minimum atomic E-state index is -4.19. The molecule has 26 heavy (non-hydrogen) atoms. The van der Waals surface area contributed by atoms with E-state index in [9.17, 15) is 18.3 Å². The first kappa shape index (κ1) is 19.9. The maximum absolute atomic E-state index is 12.1. The predicted octanol–water partition coefficient (Wildman–Crippen LogP) is 1.56. The summed E-state index contributed by atoms with van der Waals surface area (Å²) in [6, 6.07) is 8.66. The molecule has 140 valence electrons. The lowest BCUT2D eigenvalue weighted by atomic mass is 9.86. The van der Waals surface area contributed by atoms with Gasteiger partial charge in [-0.25, -0.2) is 18.4 Å². The summed E-state index contributed by atoms with van der Waals surface area (Å²) >= 11 is 0. The zero-order valence-electron chi connectivity index (χ0n) is 14.4. The number of carboxylic acids is 1. The number of aliphatic carboxylic acids is 1. The van der Waals surface area contributed by atoms with Crippen LogP contribution in [0.1, 0.15) is 13.3 Å². The molecule has 0 heterocycles. The minimum absolute atomic E-state index is 0.171. The van der Waals surface area contributed by atoms with E-state index in [1.165, 1.54) is 6.08 Å². The Bertz CT molecular complexity index is 846. The second-order valence-electron chi connectivity index (χ2n) is 6.09. The fourth-order valence-corrected chi connectivity index (χ4v) is 3.61. The van der Waals surface area contributed by atoms with Crippen LogP contribution in [0.4, 0.5) is 0 Å². The molecule has 0 saturated carbocycles. The first-order chi connectivity index (χ1) is 12.2. The molecule has 0 aliphatic heterocycles. The van der Waals surface area contributed by atoms with Crippen LogP contribution in [0.25, 0.3) is 0 Å². The highest BCUT2D eigenvalue weighted by Gasteiger charge is 2.44. The average molecular weight is 378 g/mol. The topological polar surface area (TPSA) is 119 Å². The van der Waals surface area contributed by atoms with Gasteiger partial charge in [-0.15, -0.1) is 6.58 Å². The lowest BCUT2D eigenvalue weighted by Crippen LogP contribution is -2.57. The predicted molar refractivity (Wildman–Crippen MR) is 99.0 cm³/mol. The summed E-state index contributed by atoms with van der Waals surface area (Å²) < 4.78 is 30.2. The van der Waals surface area contributed by atoms with Gasteiger partial charge in [0.2, 0.25) is 10.0 Å². The molecule has 7 nitrogen and oxygen atoms in total. The highest BCUT2D eigenvalue weighted by atomic mass is 32.2. The number of nitrogens with two attached hydrogens (primary N) is 1. The fourth-order valence-electron chi connectivity index (χ4n) is 2.72. The van der Waals surface area contributed by atoms with Crippen molar-refractivity contribution in [1.29, 1.82) is 0 Å². The summed E-state index contributed by atoms with van der Waals surface area (Å²) in [6.07, 6.45) is 3.76. The number of ether oxygens (including phenoxy) is 1. The molecular formula is C18H22N2O5S. The average Bonchev–Trinajstić information content (AvgIpc) is 2.56. The van der Waals surface area contributed by atoms with Gasteiger partial charge < -0.3 is 15.2 Å². The Hall–Kier alpha value is -2.42. The Morgan fingerprint density at radius 2 is 2.08 bits per heavy atom. The normalized spacial score (nSPS) is 22.9. The molecule has 0 saturated heterocycles. The third-order valence-electron chi connectivity index (χ3n) is 3.98. The molecular weight excluding hydrogens is 356 g/mol. The summed E-state index contributed by atoms with van der Waals surface area (Å²) in [4.78, 5) is 11.2. The number of primary sulfonamides is 1. The van der Waals surface area contributed by atoms with E-state index in [1.54, 1.807) is 43.3 Å². The molecule has 2 atom stereocenters. The molecule has 1 aliphatic carbocycles. The van der Waals surface area contributed by atoms with Crippen LogP contribution in [0.3, 0.4) is 0 Å². The Kier molecular flexibility index (Phi) is 6.01. The van der Waals surface area contributed by atoms with Gasteiger partial charge in [0.05, 0.1) is 11.1 Å². The van der Waals surface area contributed by atoms with Crippen LogP contribution in [0.2, 0.25) is 0 Å². The molecule has 0 amide bonds. The van der Waals surface area contributed by atoms with Gasteiger partial charge in [-0.3, -0.25) is 0 Å². The third-order valence-corrected chi connectivity index (χ3v) is 4.97. The van der Waals surface area contributed by atoms with Crippen LogP contribution in [-0.4, -0.2) is 37.7 Å². The fraction of sp³-hybridized carbons (Fsp3) is 0.278. The third kappa shape index (κ3) is 4.60. The van der Waals surface area contributed by atoms with Crippen molar-refractivity contribution in [2.45, 2.75) is 25.0 Å². The second-order valence-corrected chi connectivity index (χ2v) is 7.66. The van der Waals surface area contributed by atoms with Crippen molar-refractivity contribution in [2.24, 2.45) is 5.14 Å². The largest absolute Gasteiger partial charge is 0.483 e. The second kappa shape index (κ2) is 7.86. The van der Waals surface area contributed by atoms with Crippen LogP contribution in [-0.2, 0) is 14.8 Å². The zero-order valence-corrected chi connectivity index (χ0v) is 15.2. The number of sulfonamides is 1. The lowest BCUT2D eigenvalue weighted by Gasteiger charge is -2.39. The van der Waals surface area contributed by atoms with E-state index in [2.05, 4.69) is 11.9 Å². The van der Waals surface area contributed by atoms with Crippen LogP contribution in [0.5, 0.6) is 5.75 Å². The summed E-state index contributed by atoms with van der Waals surface area (Å²) in [5, 5.41) is 17.9. The maximum Gasteiger partial charge on any atom is 0.335 e. The molecule has 0 spiro atoms. The van der Waals surface area contributed by atoms with Crippen molar-refractivity contribution < 1.29 is 23.1 Å².